The molecule has 0 atom stereocenters. The number of ether oxygens (including phenoxy) is 2. The van der Waals surface area contributed by atoms with Gasteiger partial charge >= 0.3 is 0 Å². The number of hydrogen-bond acceptors (Lipinski definition) is 4. The second-order valence-electron chi connectivity index (χ2n) is 4.33. The van der Waals surface area contributed by atoms with Gasteiger partial charge in [-0.3, -0.25) is 4.98 Å². The van der Waals surface area contributed by atoms with Gasteiger partial charge in [0.1, 0.15) is 11.5 Å². The molecule has 0 saturated carbocycles. The fourth-order valence-electron chi connectivity index (χ4n) is 1.51. The van der Waals surface area contributed by atoms with Crippen molar-refractivity contribution >= 4 is 0 Å². The molecular formula is C12H20N2O2. The highest BCUT2D eigenvalue weighted by atomic mass is 16.5. The average molecular weight is 224 g/mol. The molecule has 4 nitrogen and oxygen atoms in total. The number of likely N-dealkylation sites (N-methyl/N-ethyl adjacent to an activating group) is 1. The van der Waals surface area contributed by atoms with Crippen molar-refractivity contribution in [3.05, 3.63) is 18.0 Å². The molecule has 90 valence electrons. The Labute approximate surface area is 97.0 Å². The molecule has 0 unspecified atom stereocenters. The number of nitrogens with zero attached hydrogens (tertiary/aromatic N) is 1. The van der Waals surface area contributed by atoms with Crippen molar-refractivity contribution in [1.82, 2.24) is 10.3 Å². The molecule has 0 aliphatic heterocycles. The monoisotopic (exact) mass is 224 g/mol. The van der Waals surface area contributed by atoms with Gasteiger partial charge in [0.25, 0.3) is 0 Å². The lowest BCUT2D eigenvalue weighted by atomic mass is 9.95. The van der Waals surface area contributed by atoms with E-state index in [9.17, 15) is 0 Å². The molecule has 0 fully saturated rings. The summed E-state index contributed by atoms with van der Waals surface area (Å²) in [5.41, 5.74) is 1.03. The molecule has 0 amide bonds. The molecule has 4 heteroatoms. The first-order chi connectivity index (χ1) is 7.54. The highest BCUT2D eigenvalue weighted by Crippen LogP contribution is 2.30. The van der Waals surface area contributed by atoms with Crippen LogP contribution in [0, 0.1) is 0 Å². The summed E-state index contributed by atoms with van der Waals surface area (Å²) in [7, 11) is 5.23. The molecule has 0 radical (unpaired) electrons. The molecule has 1 heterocycles. The maximum Gasteiger partial charge on any atom is 0.144 e. The van der Waals surface area contributed by atoms with E-state index in [-0.39, 0.29) is 5.54 Å². The maximum absolute atomic E-state index is 5.31. The van der Waals surface area contributed by atoms with Crippen LogP contribution in [-0.4, -0.2) is 31.8 Å². The van der Waals surface area contributed by atoms with Crippen molar-refractivity contribution in [2.45, 2.75) is 25.8 Å². The first kappa shape index (κ1) is 12.8. The van der Waals surface area contributed by atoms with Crippen LogP contribution in [0.15, 0.2) is 12.4 Å². The SMILES string of the molecule is CNC(C)(C)Cc1c(OC)cncc1OC. The molecule has 16 heavy (non-hydrogen) atoms. The van der Waals surface area contributed by atoms with E-state index in [4.69, 9.17) is 9.47 Å². The van der Waals surface area contributed by atoms with Gasteiger partial charge in [0.05, 0.1) is 26.6 Å². The minimum absolute atomic E-state index is 0.0120. The van der Waals surface area contributed by atoms with Crippen LogP contribution in [0.25, 0.3) is 0 Å². The van der Waals surface area contributed by atoms with Crippen LogP contribution in [0.2, 0.25) is 0 Å². The van der Waals surface area contributed by atoms with Crippen LogP contribution in [0.5, 0.6) is 11.5 Å². The minimum Gasteiger partial charge on any atom is -0.495 e. The number of pyridine rings is 1. The molecule has 0 aliphatic rings. The second-order valence-corrected chi connectivity index (χ2v) is 4.33. The third-order valence-corrected chi connectivity index (χ3v) is 2.71. The highest BCUT2D eigenvalue weighted by molar-refractivity contribution is 5.42. The summed E-state index contributed by atoms with van der Waals surface area (Å²) in [6, 6.07) is 0. The topological polar surface area (TPSA) is 43.4 Å². The molecule has 0 aromatic carbocycles. The summed E-state index contributed by atoms with van der Waals surface area (Å²) < 4.78 is 10.6. The zero-order chi connectivity index (χ0) is 12.2. The Morgan fingerprint density at radius 1 is 1.19 bits per heavy atom. The lowest BCUT2D eigenvalue weighted by Crippen LogP contribution is -2.38. The van der Waals surface area contributed by atoms with Crippen molar-refractivity contribution in [3.8, 4) is 11.5 Å². The van der Waals surface area contributed by atoms with Crippen molar-refractivity contribution in [2.24, 2.45) is 0 Å². The maximum atomic E-state index is 5.31. The van der Waals surface area contributed by atoms with E-state index in [2.05, 4.69) is 24.1 Å². The van der Waals surface area contributed by atoms with Gasteiger partial charge in [0.2, 0.25) is 0 Å². The van der Waals surface area contributed by atoms with Gasteiger partial charge in [0, 0.05) is 11.1 Å². The Morgan fingerprint density at radius 3 is 2.06 bits per heavy atom. The van der Waals surface area contributed by atoms with Crippen LogP contribution >= 0.6 is 0 Å². The lowest BCUT2D eigenvalue weighted by Gasteiger charge is -2.25. The van der Waals surface area contributed by atoms with Gasteiger partial charge in [-0.15, -0.1) is 0 Å². The van der Waals surface area contributed by atoms with E-state index in [1.807, 2.05) is 7.05 Å². The van der Waals surface area contributed by atoms with Gasteiger partial charge in [-0.05, 0) is 27.3 Å². The summed E-state index contributed by atoms with van der Waals surface area (Å²) in [6.07, 6.45) is 4.24. The lowest BCUT2D eigenvalue weighted by molar-refractivity contribution is 0.359. The molecule has 1 N–H and O–H groups in total. The van der Waals surface area contributed by atoms with Crippen molar-refractivity contribution in [3.63, 3.8) is 0 Å². The van der Waals surface area contributed by atoms with E-state index in [1.165, 1.54) is 0 Å². The zero-order valence-electron chi connectivity index (χ0n) is 10.6. The third kappa shape index (κ3) is 2.85. The van der Waals surface area contributed by atoms with Crippen LogP contribution in [0.4, 0.5) is 0 Å². The van der Waals surface area contributed by atoms with Crippen LogP contribution in [0.3, 0.4) is 0 Å². The molecular weight excluding hydrogens is 204 g/mol. The smallest absolute Gasteiger partial charge is 0.144 e. The Morgan fingerprint density at radius 2 is 1.69 bits per heavy atom. The zero-order valence-corrected chi connectivity index (χ0v) is 10.6. The van der Waals surface area contributed by atoms with Gasteiger partial charge in [-0.1, -0.05) is 0 Å². The Kier molecular flexibility index (Phi) is 4.12. The first-order valence-electron chi connectivity index (χ1n) is 5.28. The number of rotatable bonds is 5. The largest absolute Gasteiger partial charge is 0.495 e. The number of methoxy groups -OCH3 is 2. The van der Waals surface area contributed by atoms with E-state index in [0.717, 1.165) is 23.5 Å². The summed E-state index contributed by atoms with van der Waals surface area (Å²) >= 11 is 0. The van der Waals surface area contributed by atoms with Crippen LogP contribution in [-0.2, 0) is 6.42 Å². The summed E-state index contributed by atoms with van der Waals surface area (Å²) in [5.74, 6) is 1.53. The minimum atomic E-state index is -0.0120. The molecule has 0 aliphatic carbocycles. The van der Waals surface area contributed by atoms with Gasteiger partial charge in [0.15, 0.2) is 0 Å². The van der Waals surface area contributed by atoms with Gasteiger partial charge < -0.3 is 14.8 Å². The number of nitrogens with one attached hydrogen (secondary N) is 1. The molecule has 1 aromatic heterocycles. The van der Waals surface area contributed by atoms with Crippen molar-refractivity contribution in [1.29, 1.82) is 0 Å². The number of hydrogen-bond donors (Lipinski definition) is 1. The third-order valence-electron chi connectivity index (χ3n) is 2.71. The Hall–Kier alpha value is -1.29. The predicted octanol–water partition coefficient (Wildman–Crippen LogP) is 1.64. The predicted molar refractivity (Wildman–Crippen MR) is 64.2 cm³/mol. The summed E-state index contributed by atoms with van der Waals surface area (Å²) in [4.78, 5) is 4.07. The van der Waals surface area contributed by atoms with Gasteiger partial charge in [-0.2, -0.15) is 0 Å². The van der Waals surface area contributed by atoms with Crippen molar-refractivity contribution < 1.29 is 9.47 Å². The van der Waals surface area contributed by atoms with E-state index < -0.39 is 0 Å². The fourth-order valence-corrected chi connectivity index (χ4v) is 1.51. The molecule has 0 saturated heterocycles. The quantitative estimate of drug-likeness (QED) is 0.825. The van der Waals surface area contributed by atoms with E-state index in [0.29, 0.717) is 0 Å². The van der Waals surface area contributed by atoms with Crippen LogP contribution in [0.1, 0.15) is 19.4 Å². The van der Waals surface area contributed by atoms with Crippen molar-refractivity contribution in [2.75, 3.05) is 21.3 Å². The normalized spacial score (nSPS) is 11.3. The fraction of sp³-hybridized carbons (Fsp3) is 0.583. The average Bonchev–Trinajstić information content (AvgIpc) is 2.29. The molecule has 1 rings (SSSR count). The Bertz CT molecular complexity index is 329. The standard InChI is InChI=1S/C12H20N2O2/c1-12(2,13-3)6-9-10(15-4)7-14-8-11(9)16-5/h7-8,13H,6H2,1-5H3. The second kappa shape index (κ2) is 5.16. The van der Waals surface area contributed by atoms with E-state index >= 15 is 0 Å². The molecule has 0 spiro atoms. The highest BCUT2D eigenvalue weighted by Gasteiger charge is 2.21. The first-order valence-corrected chi connectivity index (χ1v) is 5.28. The van der Waals surface area contributed by atoms with Crippen LogP contribution < -0.4 is 14.8 Å². The summed E-state index contributed by atoms with van der Waals surface area (Å²) in [6.45, 7) is 4.26. The van der Waals surface area contributed by atoms with E-state index in [1.54, 1.807) is 26.6 Å². The molecule has 0 bridgehead atoms. The van der Waals surface area contributed by atoms with Gasteiger partial charge in [-0.25, -0.2) is 0 Å². The Balaban J connectivity index is 3.09. The molecule has 1 aromatic rings. The summed E-state index contributed by atoms with van der Waals surface area (Å²) in [5, 5.41) is 3.26. The number of aromatic nitrogens is 1.